The van der Waals surface area contributed by atoms with Gasteiger partial charge >= 0.3 is 0 Å². The zero-order valence-electron chi connectivity index (χ0n) is 16.2. The molecule has 0 saturated carbocycles. The Bertz CT molecular complexity index is 1170. The summed E-state index contributed by atoms with van der Waals surface area (Å²) in [6.45, 7) is 5.99. The van der Waals surface area contributed by atoms with Crippen LogP contribution in [0.5, 0.6) is 0 Å². The maximum absolute atomic E-state index is 12.5. The number of benzene rings is 1. The van der Waals surface area contributed by atoms with E-state index in [0.29, 0.717) is 15.1 Å². The summed E-state index contributed by atoms with van der Waals surface area (Å²) in [4.78, 5) is 21.9. The quantitative estimate of drug-likeness (QED) is 0.579. The minimum Gasteiger partial charge on any atom is -0.316 e. The summed E-state index contributed by atoms with van der Waals surface area (Å²) in [6.07, 6.45) is 5.48. The Labute approximate surface area is 178 Å². The van der Waals surface area contributed by atoms with Crippen LogP contribution in [-0.2, 0) is 4.79 Å². The highest BCUT2D eigenvalue weighted by Gasteiger charge is 2.25. The van der Waals surface area contributed by atoms with Crippen molar-refractivity contribution in [1.29, 1.82) is 0 Å². The SMILES string of the molecule is Cc1c(Cl)cccc1N=C1NC(=O)/C(=C/c2cc(C)n(-c3cccnc3)c2C)S1. The molecule has 29 heavy (non-hydrogen) atoms. The molecule has 146 valence electrons. The van der Waals surface area contributed by atoms with Crippen LogP contribution in [0.15, 0.2) is 58.7 Å². The van der Waals surface area contributed by atoms with Gasteiger partial charge < -0.3 is 9.88 Å². The van der Waals surface area contributed by atoms with E-state index in [9.17, 15) is 4.79 Å². The van der Waals surface area contributed by atoms with Crippen molar-refractivity contribution in [3.63, 3.8) is 0 Å². The highest BCUT2D eigenvalue weighted by Crippen LogP contribution is 2.32. The maximum Gasteiger partial charge on any atom is 0.264 e. The van der Waals surface area contributed by atoms with Crippen LogP contribution in [0, 0.1) is 20.8 Å². The van der Waals surface area contributed by atoms with Crippen LogP contribution in [0.1, 0.15) is 22.5 Å². The molecule has 1 aliphatic heterocycles. The van der Waals surface area contributed by atoms with Gasteiger partial charge in [-0.2, -0.15) is 0 Å². The Morgan fingerprint density at radius 1 is 1.21 bits per heavy atom. The third kappa shape index (κ3) is 3.86. The number of pyridine rings is 1. The number of hydrogen-bond acceptors (Lipinski definition) is 4. The Morgan fingerprint density at radius 2 is 2.03 bits per heavy atom. The van der Waals surface area contributed by atoms with Crippen LogP contribution >= 0.6 is 23.4 Å². The molecule has 1 amide bonds. The van der Waals surface area contributed by atoms with Crippen LogP contribution in [0.25, 0.3) is 11.8 Å². The number of carbonyl (C=O) groups excluding carboxylic acids is 1. The molecule has 3 heterocycles. The van der Waals surface area contributed by atoms with Gasteiger partial charge in [0, 0.05) is 22.6 Å². The van der Waals surface area contributed by atoms with Crippen molar-refractivity contribution in [1.82, 2.24) is 14.9 Å². The number of aryl methyl sites for hydroxylation is 1. The van der Waals surface area contributed by atoms with Gasteiger partial charge in [-0.1, -0.05) is 17.7 Å². The van der Waals surface area contributed by atoms with E-state index in [2.05, 4.69) is 25.9 Å². The van der Waals surface area contributed by atoms with E-state index < -0.39 is 0 Å². The Balaban J connectivity index is 1.65. The van der Waals surface area contributed by atoms with E-state index in [0.717, 1.165) is 33.9 Å². The van der Waals surface area contributed by atoms with Crippen molar-refractivity contribution < 1.29 is 4.79 Å². The van der Waals surface area contributed by atoms with Crippen molar-refractivity contribution in [3.8, 4) is 5.69 Å². The number of nitrogens with one attached hydrogen (secondary N) is 1. The van der Waals surface area contributed by atoms with E-state index >= 15 is 0 Å². The molecule has 2 aromatic heterocycles. The van der Waals surface area contributed by atoms with E-state index in [-0.39, 0.29) is 5.91 Å². The van der Waals surface area contributed by atoms with Gasteiger partial charge in [0.15, 0.2) is 5.17 Å². The fraction of sp³-hybridized carbons (Fsp3) is 0.136. The summed E-state index contributed by atoms with van der Waals surface area (Å²) in [6, 6.07) is 11.5. The van der Waals surface area contributed by atoms with Crippen LogP contribution in [0.3, 0.4) is 0 Å². The lowest BCUT2D eigenvalue weighted by Crippen LogP contribution is -2.19. The van der Waals surface area contributed by atoms with E-state index in [1.807, 2.05) is 63.4 Å². The van der Waals surface area contributed by atoms with Gasteiger partial charge in [-0.25, -0.2) is 4.99 Å². The monoisotopic (exact) mass is 422 g/mol. The van der Waals surface area contributed by atoms with Gasteiger partial charge in [0.25, 0.3) is 5.91 Å². The molecule has 3 aromatic rings. The lowest BCUT2D eigenvalue weighted by molar-refractivity contribution is -0.115. The minimum atomic E-state index is -0.153. The Kier molecular flexibility index (Phi) is 5.30. The van der Waals surface area contributed by atoms with Gasteiger partial charge in [-0.05, 0) is 80.1 Å². The van der Waals surface area contributed by atoms with Gasteiger partial charge in [0.05, 0.1) is 22.5 Å². The van der Waals surface area contributed by atoms with Crippen molar-refractivity contribution in [2.24, 2.45) is 4.99 Å². The van der Waals surface area contributed by atoms with Gasteiger partial charge in [0.1, 0.15) is 0 Å². The first kappa shape index (κ1) is 19.5. The summed E-state index contributed by atoms with van der Waals surface area (Å²) in [5.74, 6) is -0.153. The first-order chi connectivity index (χ1) is 13.9. The molecule has 7 heteroatoms. The molecule has 0 radical (unpaired) electrons. The highest BCUT2D eigenvalue weighted by molar-refractivity contribution is 8.18. The summed E-state index contributed by atoms with van der Waals surface area (Å²) in [7, 11) is 0. The van der Waals surface area contributed by atoms with Crippen molar-refractivity contribution in [2.75, 3.05) is 0 Å². The molecule has 1 aliphatic rings. The number of thioether (sulfide) groups is 1. The molecular weight excluding hydrogens is 404 g/mol. The predicted molar refractivity (Wildman–Crippen MR) is 120 cm³/mol. The molecule has 0 aliphatic carbocycles. The molecule has 1 saturated heterocycles. The van der Waals surface area contributed by atoms with Crippen LogP contribution in [0.2, 0.25) is 5.02 Å². The number of aromatic nitrogens is 2. The van der Waals surface area contributed by atoms with Gasteiger partial charge in [-0.3, -0.25) is 9.78 Å². The number of carbonyl (C=O) groups is 1. The second-order valence-electron chi connectivity index (χ2n) is 6.74. The standard InChI is InChI=1S/C22H19ClN4OS/c1-13-10-16(15(3)27(13)17-6-5-9-24-12-17)11-20-21(28)26-22(29-20)25-19-8-4-7-18(23)14(19)2/h4-12H,1-3H3,(H,25,26,28)/b20-11-. The predicted octanol–water partition coefficient (Wildman–Crippen LogP) is 5.34. The molecule has 1 N–H and O–H groups in total. The number of aliphatic imine (C=N–C) groups is 1. The number of halogens is 1. The van der Waals surface area contributed by atoms with Crippen LogP contribution in [-0.4, -0.2) is 20.6 Å². The molecule has 4 rings (SSSR count). The first-order valence-electron chi connectivity index (χ1n) is 9.08. The van der Waals surface area contributed by atoms with E-state index in [1.54, 1.807) is 6.20 Å². The minimum absolute atomic E-state index is 0.153. The van der Waals surface area contributed by atoms with Gasteiger partial charge in [-0.15, -0.1) is 0 Å². The molecule has 5 nitrogen and oxygen atoms in total. The lowest BCUT2D eigenvalue weighted by atomic mass is 10.2. The molecule has 0 bridgehead atoms. The Morgan fingerprint density at radius 3 is 2.79 bits per heavy atom. The normalized spacial score (nSPS) is 16.6. The smallest absolute Gasteiger partial charge is 0.264 e. The van der Waals surface area contributed by atoms with E-state index in [1.165, 1.54) is 11.8 Å². The number of nitrogens with zero attached hydrogens (tertiary/aromatic N) is 3. The third-order valence-electron chi connectivity index (χ3n) is 4.77. The number of amidine groups is 1. The lowest BCUT2D eigenvalue weighted by Gasteiger charge is -2.08. The fourth-order valence-electron chi connectivity index (χ4n) is 3.27. The molecule has 1 aromatic carbocycles. The average Bonchev–Trinajstić information content (AvgIpc) is 3.18. The highest BCUT2D eigenvalue weighted by atomic mass is 35.5. The summed E-state index contributed by atoms with van der Waals surface area (Å²) in [5.41, 5.74) is 5.74. The summed E-state index contributed by atoms with van der Waals surface area (Å²) in [5, 5.41) is 4.04. The summed E-state index contributed by atoms with van der Waals surface area (Å²) >= 11 is 7.50. The van der Waals surface area contributed by atoms with E-state index in [4.69, 9.17) is 11.6 Å². The van der Waals surface area contributed by atoms with Gasteiger partial charge in [0.2, 0.25) is 0 Å². The summed E-state index contributed by atoms with van der Waals surface area (Å²) < 4.78 is 2.13. The molecular formula is C22H19ClN4OS. The second kappa shape index (κ2) is 7.89. The molecule has 0 unspecified atom stereocenters. The number of hydrogen-bond donors (Lipinski definition) is 1. The van der Waals surface area contributed by atoms with Crippen molar-refractivity contribution in [2.45, 2.75) is 20.8 Å². The maximum atomic E-state index is 12.5. The molecule has 0 atom stereocenters. The zero-order chi connectivity index (χ0) is 20.5. The Hall–Kier alpha value is -2.83. The molecule has 1 fully saturated rings. The average molecular weight is 423 g/mol. The van der Waals surface area contributed by atoms with Crippen molar-refractivity contribution >= 4 is 46.2 Å². The van der Waals surface area contributed by atoms with Crippen molar-refractivity contribution in [3.05, 3.63) is 81.2 Å². The largest absolute Gasteiger partial charge is 0.316 e. The van der Waals surface area contributed by atoms with Crippen LogP contribution < -0.4 is 5.32 Å². The zero-order valence-corrected chi connectivity index (χ0v) is 17.8. The second-order valence-corrected chi connectivity index (χ2v) is 8.18. The molecule has 0 spiro atoms. The topological polar surface area (TPSA) is 59.3 Å². The van der Waals surface area contributed by atoms with Crippen LogP contribution in [0.4, 0.5) is 5.69 Å². The third-order valence-corrected chi connectivity index (χ3v) is 6.09. The number of amides is 1. The number of rotatable bonds is 3. The fourth-order valence-corrected chi connectivity index (χ4v) is 4.26. The first-order valence-corrected chi connectivity index (χ1v) is 10.3.